The molecule has 2 amide bonds. The van der Waals surface area contributed by atoms with E-state index in [4.69, 9.17) is 0 Å². The van der Waals surface area contributed by atoms with Gasteiger partial charge in [0.1, 0.15) is 6.54 Å². The van der Waals surface area contributed by atoms with Crippen LogP contribution < -0.4 is 15.9 Å². The van der Waals surface area contributed by atoms with Crippen molar-refractivity contribution in [2.75, 3.05) is 16.8 Å². The van der Waals surface area contributed by atoms with Gasteiger partial charge in [0, 0.05) is 30.0 Å². The molecule has 1 N–H and O–H groups in total. The first kappa shape index (κ1) is 20.8. The van der Waals surface area contributed by atoms with E-state index in [-0.39, 0.29) is 24.0 Å². The van der Waals surface area contributed by atoms with Gasteiger partial charge in [-0.25, -0.2) is 4.79 Å². The molecule has 0 saturated heterocycles. The second kappa shape index (κ2) is 8.43. The number of anilines is 2. The van der Waals surface area contributed by atoms with Gasteiger partial charge in [-0.15, -0.1) is 0 Å². The Hall–Kier alpha value is -4.13. The number of nitrogens with zero attached hydrogens (tertiary/aromatic N) is 3. The Bertz CT molecular complexity index is 1420. The largest absolute Gasteiger partial charge is 0.329 e. The molecule has 0 atom stereocenters. The predicted octanol–water partition coefficient (Wildman–Crippen LogP) is 3.66. The molecule has 0 saturated carbocycles. The lowest BCUT2D eigenvalue weighted by Gasteiger charge is -2.17. The van der Waals surface area contributed by atoms with Crippen LogP contribution >= 0.6 is 0 Å². The summed E-state index contributed by atoms with van der Waals surface area (Å²) in [6.45, 7) is 3.02. The molecule has 0 bridgehead atoms. The molecule has 2 heterocycles. The molecule has 4 aromatic rings. The maximum atomic E-state index is 13.0. The Kier molecular flexibility index (Phi) is 5.30. The second-order valence-electron chi connectivity index (χ2n) is 8.06. The molecule has 5 rings (SSSR count). The summed E-state index contributed by atoms with van der Waals surface area (Å²) in [5, 5.41) is 2.83. The zero-order valence-electron chi connectivity index (χ0n) is 18.3. The number of imidazole rings is 1. The first-order chi connectivity index (χ1) is 16.1. The fraction of sp³-hybridized carbons (Fsp3) is 0.192. The van der Waals surface area contributed by atoms with Gasteiger partial charge in [0.15, 0.2) is 0 Å². The van der Waals surface area contributed by atoms with Crippen LogP contribution in [0.4, 0.5) is 11.4 Å². The van der Waals surface area contributed by atoms with Crippen LogP contribution in [0.25, 0.3) is 11.0 Å². The normalized spacial score (nSPS) is 12.7. The molecule has 33 heavy (non-hydrogen) atoms. The van der Waals surface area contributed by atoms with Crippen LogP contribution in [0.1, 0.15) is 22.8 Å². The van der Waals surface area contributed by atoms with E-state index in [9.17, 15) is 14.4 Å². The molecule has 7 nitrogen and oxygen atoms in total. The average Bonchev–Trinajstić information content (AvgIpc) is 3.38. The van der Waals surface area contributed by atoms with Crippen LogP contribution in [0, 0.1) is 0 Å². The summed E-state index contributed by atoms with van der Waals surface area (Å²) in [6.07, 6.45) is 0.851. The van der Waals surface area contributed by atoms with E-state index in [1.165, 1.54) is 10.1 Å². The zero-order chi connectivity index (χ0) is 22.9. The number of nitrogens with one attached hydrogen (secondary N) is 1. The van der Waals surface area contributed by atoms with Gasteiger partial charge in [0.25, 0.3) is 5.91 Å². The van der Waals surface area contributed by atoms with Crippen LogP contribution in [-0.2, 0) is 24.3 Å². The summed E-state index contributed by atoms with van der Waals surface area (Å²) < 4.78 is 3.14. The highest BCUT2D eigenvalue weighted by Crippen LogP contribution is 2.29. The van der Waals surface area contributed by atoms with Crippen LogP contribution in [0.3, 0.4) is 0 Å². The standard InChI is InChI=1S/C26H24N4O3/c1-2-28-22-9-5-6-10-23(22)30(26(28)33)17-24(31)27-20-13-11-19(12-14-20)25(32)29-16-15-18-7-3-4-8-21(18)29/h3-14H,2,15-17H2,1H3,(H,27,31). The Morgan fingerprint density at radius 3 is 2.27 bits per heavy atom. The Morgan fingerprint density at radius 2 is 1.55 bits per heavy atom. The van der Waals surface area contributed by atoms with Crippen molar-refractivity contribution in [3.05, 3.63) is 94.4 Å². The number of rotatable bonds is 5. The quantitative estimate of drug-likeness (QED) is 0.515. The number of aromatic nitrogens is 2. The van der Waals surface area contributed by atoms with Crippen molar-refractivity contribution >= 4 is 34.2 Å². The van der Waals surface area contributed by atoms with E-state index in [1.54, 1.807) is 33.7 Å². The Labute approximate surface area is 190 Å². The summed E-state index contributed by atoms with van der Waals surface area (Å²) in [7, 11) is 0. The molecule has 0 radical (unpaired) electrons. The van der Waals surface area contributed by atoms with Gasteiger partial charge in [0.05, 0.1) is 11.0 Å². The number of benzene rings is 3. The fourth-order valence-corrected chi connectivity index (χ4v) is 4.48. The third-order valence-corrected chi connectivity index (χ3v) is 6.09. The van der Waals surface area contributed by atoms with Crippen LogP contribution in [0.15, 0.2) is 77.6 Å². The van der Waals surface area contributed by atoms with Gasteiger partial charge in [-0.2, -0.15) is 0 Å². The molecule has 7 heteroatoms. The summed E-state index contributed by atoms with van der Waals surface area (Å²) in [4.78, 5) is 40.2. The van der Waals surface area contributed by atoms with Gasteiger partial charge in [0.2, 0.25) is 5.91 Å². The van der Waals surface area contributed by atoms with Crippen molar-refractivity contribution in [1.82, 2.24) is 9.13 Å². The van der Waals surface area contributed by atoms with E-state index in [2.05, 4.69) is 5.32 Å². The van der Waals surface area contributed by atoms with E-state index in [0.717, 1.165) is 23.1 Å². The number of hydrogen-bond donors (Lipinski definition) is 1. The highest BCUT2D eigenvalue weighted by molar-refractivity contribution is 6.07. The molecule has 0 fully saturated rings. The number of aryl methyl sites for hydroxylation is 1. The molecule has 166 valence electrons. The lowest BCUT2D eigenvalue weighted by Crippen LogP contribution is -2.29. The fourth-order valence-electron chi connectivity index (χ4n) is 4.48. The van der Waals surface area contributed by atoms with Crippen molar-refractivity contribution in [3.8, 4) is 0 Å². The van der Waals surface area contributed by atoms with Gasteiger partial charge in [-0.05, 0) is 61.4 Å². The molecule has 0 unspecified atom stereocenters. The second-order valence-corrected chi connectivity index (χ2v) is 8.06. The van der Waals surface area contributed by atoms with Gasteiger partial charge in [-0.1, -0.05) is 30.3 Å². The average molecular weight is 441 g/mol. The van der Waals surface area contributed by atoms with E-state index < -0.39 is 0 Å². The first-order valence-electron chi connectivity index (χ1n) is 11.0. The van der Waals surface area contributed by atoms with Crippen LogP contribution in [-0.4, -0.2) is 27.5 Å². The summed E-state index contributed by atoms with van der Waals surface area (Å²) in [6, 6.07) is 22.2. The number of para-hydroxylation sites is 3. The topological polar surface area (TPSA) is 76.3 Å². The Balaban J connectivity index is 1.30. The highest BCUT2D eigenvalue weighted by atomic mass is 16.2. The van der Waals surface area contributed by atoms with E-state index in [1.807, 2.05) is 55.5 Å². The maximum absolute atomic E-state index is 13.0. The van der Waals surface area contributed by atoms with Gasteiger partial charge in [-0.3, -0.25) is 18.7 Å². The third kappa shape index (κ3) is 3.71. The minimum absolute atomic E-state index is 0.0586. The molecule has 3 aromatic carbocycles. The monoisotopic (exact) mass is 440 g/mol. The van der Waals surface area contributed by atoms with Crippen molar-refractivity contribution in [3.63, 3.8) is 0 Å². The highest BCUT2D eigenvalue weighted by Gasteiger charge is 2.25. The number of carbonyl (C=O) groups excluding carboxylic acids is 2. The van der Waals surface area contributed by atoms with Crippen LogP contribution in [0.5, 0.6) is 0 Å². The van der Waals surface area contributed by atoms with Crippen molar-refractivity contribution in [1.29, 1.82) is 0 Å². The molecular weight excluding hydrogens is 416 g/mol. The number of fused-ring (bicyclic) bond motifs is 2. The first-order valence-corrected chi connectivity index (χ1v) is 11.0. The summed E-state index contributed by atoms with van der Waals surface area (Å²) in [5.74, 6) is -0.361. The third-order valence-electron chi connectivity index (χ3n) is 6.09. The molecule has 0 spiro atoms. The zero-order valence-corrected chi connectivity index (χ0v) is 18.3. The van der Waals surface area contributed by atoms with Crippen LogP contribution in [0.2, 0.25) is 0 Å². The lowest BCUT2D eigenvalue weighted by atomic mass is 10.1. The Morgan fingerprint density at radius 1 is 0.879 bits per heavy atom. The van der Waals surface area contributed by atoms with Gasteiger partial charge >= 0.3 is 5.69 Å². The van der Waals surface area contributed by atoms with Crippen molar-refractivity contribution in [2.45, 2.75) is 26.4 Å². The maximum Gasteiger partial charge on any atom is 0.329 e. The molecule has 1 aromatic heterocycles. The number of hydrogen-bond acceptors (Lipinski definition) is 3. The minimum Gasteiger partial charge on any atom is -0.325 e. The molecule has 1 aliphatic rings. The smallest absolute Gasteiger partial charge is 0.325 e. The molecular formula is C26H24N4O3. The van der Waals surface area contributed by atoms with E-state index >= 15 is 0 Å². The minimum atomic E-state index is -0.302. The van der Waals surface area contributed by atoms with E-state index in [0.29, 0.717) is 24.3 Å². The molecule has 1 aliphatic heterocycles. The number of amides is 2. The SMILES string of the molecule is CCn1c(=O)n(CC(=O)Nc2ccc(C(=O)N3CCc4ccccc43)cc2)c2ccccc21. The number of carbonyl (C=O) groups is 2. The summed E-state index contributed by atoms with van der Waals surface area (Å²) >= 11 is 0. The van der Waals surface area contributed by atoms with Crippen molar-refractivity contribution in [2.24, 2.45) is 0 Å². The molecule has 0 aliphatic carbocycles. The summed E-state index contributed by atoms with van der Waals surface area (Å²) in [5.41, 5.74) is 4.60. The lowest BCUT2D eigenvalue weighted by molar-refractivity contribution is -0.116. The predicted molar refractivity (Wildman–Crippen MR) is 129 cm³/mol. The van der Waals surface area contributed by atoms with Crippen molar-refractivity contribution < 1.29 is 9.59 Å². The van der Waals surface area contributed by atoms with Gasteiger partial charge < -0.3 is 10.2 Å².